The van der Waals surface area contributed by atoms with E-state index in [0.29, 0.717) is 12.8 Å². The van der Waals surface area contributed by atoms with E-state index in [9.17, 15) is 19.5 Å². The van der Waals surface area contributed by atoms with Crippen LogP contribution in [0.1, 0.15) is 38.5 Å². The van der Waals surface area contributed by atoms with Crippen LogP contribution in [0.2, 0.25) is 0 Å². The molecule has 2 rings (SSSR count). The molecule has 124 valence electrons. The Balaban J connectivity index is 1.96. The molecular formula is C15H24N2O5. The molecule has 7 nitrogen and oxygen atoms in total. The van der Waals surface area contributed by atoms with Crippen LogP contribution < -0.4 is 5.32 Å². The first-order valence-electron chi connectivity index (χ1n) is 7.88. The second kappa shape index (κ2) is 7.58. The van der Waals surface area contributed by atoms with Gasteiger partial charge < -0.3 is 20.1 Å². The van der Waals surface area contributed by atoms with Crippen molar-refractivity contribution in [2.75, 3.05) is 20.2 Å². The van der Waals surface area contributed by atoms with Gasteiger partial charge in [0.25, 0.3) is 0 Å². The molecule has 0 bridgehead atoms. The number of carbonyl (C=O) groups excluding carboxylic acids is 2. The third-order valence-corrected chi connectivity index (χ3v) is 4.55. The highest BCUT2D eigenvalue weighted by Crippen LogP contribution is 2.24. The lowest BCUT2D eigenvalue weighted by Gasteiger charge is -2.36. The first-order chi connectivity index (χ1) is 10.5. The summed E-state index contributed by atoms with van der Waals surface area (Å²) in [6, 6.07) is -0.861. The van der Waals surface area contributed by atoms with Crippen LogP contribution in [0.4, 0.5) is 0 Å². The van der Waals surface area contributed by atoms with Crippen LogP contribution in [0.3, 0.4) is 0 Å². The summed E-state index contributed by atoms with van der Waals surface area (Å²) in [5.41, 5.74) is 0. The van der Waals surface area contributed by atoms with Crippen molar-refractivity contribution in [3.8, 4) is 0 Å². The molecule has 0 aromatic carbocycles. The molecule has 1 saturated heterocycles. The highest BCUT2D eigenvalue weighted by molar-refractivity contribution is 5.86. The fourth-order valence-electron chi connectivity index (χ4n) is 3.25. The maximum atomic E-state index is 12.3. The van der Waals surface area contributed by atoms with Crippen molar-refractivity contribution in [3.05, 3.63) is 0 Å². The number of ether oxygens (including phenoxy) is 1. The number of carboxylic acid groups (broad SMARTS) is 1. The van der Waals surface area contributed by atoms with Gasteiger partial charge >= 0.3 is 5.97 Å². The van der Waals surface area contributed by atoms with Crippen molar-refractivity contribution in [1.29, 1.82) is 0 Å². The van der Waals surface area contributed by atoms with E-state index in [-0.39, 0.29) is 37.0 Å². The Morgan fingerprint density at radius 1 is 1.18 bits per heavy atom. The van der Waals surface area contributed by atoms with Gasteiger partial charge in [0.15, 0.2) is 0 Å². The van der Waals surface area contributed by atoms with E-state index < -0.39 is 12.0 Å². The number of rotatable bonds is 5. The standard InChI is InChI=1S/C15H24N2O5/c1-16-14(19)10-6-7-12(15(20)21)17(8-10)13(18)9-22-11-4-2-3-5-11/h10-12H,2-9H2,1H3,(H,16,19)(H,20,21)/t10-,12-/m0/s1. The zero-order chi connectivity index (χ0) is 16.1. The third-order valence-electron chi connectivity index (χ3n) is 4.55. The normalized spacial score (nSPS) is 26.0. The SMILES string of the molecule is CNC(=O)[C@H]1CC[C@@H](C(=O)O)N(C(=O)COC2CCCC2)C1. The van der Waals surface area contributed by atoms with Gasteiger partial charge in [-0.15, -0.1) is 0 Å². The summed E-state index contributed by atoms with van der Waals surface area (Å²) in [7, 11) is 1.54. The van der Waals surface area contributed by atoms with Gasteiger partial charge in [0.05, 0.1) is 12.0 Å². The van der Waals surface area contributed by atoms with Gasteiger partial charge in [-0.3, -0.25) is 9.59 Å². The predicted molar refractivity (Wildman–Crippen MR) is 78.1 cm³/mol. The lowest BCUT2D eigenvalue weighted by Crippen LogP contribution is -2.54. The molecule has 0 radical (unpaired) electrons. The number of carboxylic acids is 1. The number of nitrogens with zero attached hydrogens (tertiary/aromatic N) is 1. The van der Waals surface area contributed by atoms with Gasteiger partial charge in [0.1, 0.15) is 12.6 Å². The second-order valence-electron chi connectivity index (χ2n) is 6.01. The van der Waals surface area contributed by atoms with Gasteiger partial charge in [-0.25, -0.2) is 4.79 Å². The maximum Gasteiger partial charge on any atom is 0.326 e. The van der Waals surface area contributed by atoms with Crippen LogP contribution in [-0.4, -0.2) is 60.1 Å². The van der Waals surface area contributed by atoms with Gasteiger partial charge in [-0.05, 0) is 25.7 Å². The fourth-order valence-corrected chi connectivity index (χ4v) is 3.25. The Bertz CT molecular complexity index is 434. The minimum atomic E-state index is -1.02. The van der Waals surface area contributed by atoms with E-state index in [0.717, 1.165) is 25.7 Å². The van der Waals surface area contributed by atoms with Crippen LogP contribution in [0.5, 0.6) is 0 Å². The van der Waals surface area contributed by atoms with Gasteiger partial charge in [-0.2, -0.15) is 0 Å². The minimum absolute atomic E-state index is 0.102. The molecule has 7 heteroatoms. The Morgan fingerprint density at radius 2 is 1.86 bits per heavy atom. The maximum absolute atomic E-state index is 12.3. The molecule has 1 aliphatic heterocycles. The van der Waals surface area contributed by atoms with Gasteiger partial charge in [0, 0.05) is 13.6 Å². The molecule has 2 fully saturated rings. The molecule has 2 atom stereocenters. The smallest absolute Gasteiger partial charge is 0.326 e. The van der Waals surface area contributed by atoms with E-state index in [2.05, 4.69) is 5.32 Å². The van der Waals surface area contributed by atoms with E-state index in [4.69, 9.17) is 4.74 Å². The molecule has 2 aliphatic rings. The molecule has 0 aromatic rings. The predicted octanol–water partition coefficient (Wildman–Crippen LogP) is 0.383. The lowest BCUT2D eigenvalue weighted by atomic mass is 9.92. The first kappa shape index (κ1) is 16.7. The Hall–Kier alpha value is -1.63. The average Bonchev–Trinajstić information content (AvgIpc) is 3.04. The number of piperidine rings is 1. The largest absolute Gasteiger partial charge is 0.480 e. The zero-order valence-corrected chi connectivity index (χ0v) is 12.9. The molecule has 0 spiro atoms. The first-order valence-corrected chi connectivity index (χ1v) is 7.88. The fraction of sp³-hybridized carbons (Fsp3) is 0.800. The monoisotopic (exact) mass is 312 g/mol. The van der Waals surface area contributed by atoms with Crippen molar-refractivity contribution in [1.82, 2.24) is 10.2 Å². The van der Waals surface area contributed by atoms with Gasteiger partial charge in [-0.1, -0.05) is 12.8 Å². The minimum Gasteiger partial charge on any atom is -0.480 e. The average molecular weight is 312 g/mol. The number of hydrogen-bond acceptors (Lipinski definition) is 4. The number of aliphatic carboxylic acids is 1. The number of likely N-dealkylation sites (tertiary alicyclic amines) is 1. The summed E-state index contributed by atoms with van der Waals surface area (Å²) in [6.45, 7) is 0.0401. The quantitative estimate of drug-likeness (QED) is 0.765. The summed E-state index contributed by atoms with van der Waals surface area (Å²) < 4.78 is 5.58. The van der Waals surface area contributed by atoms with Crippen LogP contribution in [0.15, 0.2) is 0 Å². The van der Waals surface area contributed by atoms with Crippen molar-refractivity contribution >= 4 is 17.8 Å². The molecule has 0 unspecified atom stereocenters. The molecule has 2 N–H and O–H groups in total. The Labute approximate surface area is 130 Å². The summed E-state index contributed by atoms with van der Waals surface area (Å²) in [5.74, 6) is -1.87. The van der Waals surface area contributed by atoms with Gasteiger partial charge in [0.2, 0.25) is 11.8 Å². The number of nitrogens with one attached hydrogen (secondary N) is 1. The van der Waals surface area contributed by atoms with E-state index in [1.165, 1.54) is 4.90 Å². The van der Waals surface area contributed by atoms with E-state index >= 15 is 0 Å². The molecule has 22 heavy (non-hydrogen) atoms. The van der Waals surface area contributed by atoms with Crippen molar-refractivity contribution in [3.63, 3.8) is 0 Å². The molecule has 1 saturated carbocycles. The topological polar surface area (TPSA) is 95.9 Å². The highest BCUT2D eigenvalue weighted by Gasteiger charge is 2.38. The summed E-state index contributed by atoms with van der Waals surface area (Å²) >= 11 is 0. The molecule has 1 heterocycles. The Morgan fingerprint density at radius 3 is 2.45 bits per heavy atom. The third kappa shape index (κ3) is 3.97. The van der Waals surface area contributed by atoms with Crippen LogP contribution in [-0.2, 0) is 19.1 Å². The summed E-state index contributed by atoms with van der Waals surface area (Å²) in [5, 5.41) is 11.8. The number of carbonyl (C=O) groups is 3. The van der Waals surface area contributed by atoms with E-state index in [1.807, 2.05) is 0 Å². The van der Waals surface area contributed by atoms with Crippen molar-refractivity contribution < 1.29 is 24.2 Å². The Kier molecular flexibility index (Phi) is 5.76. The zero-order valence-electron chi connectivity index (χ0n) is 12.9. The second-order valence-corrected chi connectivity index (χ2v) is 6.01. The molecular weight excluding hydrogens is 288 g/mol. The highest BCUT2D eigenvalue weighted by atomic mass is 16.5. The van der Waals surface area contributed by atoms with E-state index in [1.54, 1.807) is 7.05 Å². The van der Waals surface area contributed by atoms with Crippen LogP contribution in [0.25, 0.3) is 0 Å². The van der Waals surface area contributed by atoms with Crippen molar-refractivity contribution in [2.24, 2.45) is 5.92 Å². The lowest BCUT2D eigenvalue weighted by molar-refractivity contribution is -0.157. The molecule has 0 aromatic heterocycles. The number of amides is 2. The van der Waals surface area contributed by atoms with Crippen LogP contribution >= 0.6 is 0 Å². The molecule has 2 amide bonds. The number of hydrogen-bond donors (Lipinski definition) is 2. The summed E-state index contributed by atoms with van der Waals surface area (Å²) in [4.78, 5) is 36.7. The van der Waals surface area contributed by atoms with Crippen molar-refractivity contribution in [2.45, 2.75) is 50.7 Å². The summed E-state index contributed by atoms with van der Waals surface area (Å²) in [6.07, 6.45) is 5.00. The van der Waals surface area contributed by atoms with Crippen LogP contribution in [0, 0.1) is 5.92 Å². The molecule has 1 aliphatic carbocycles.